The lowest BCUT2D eigenvalue weighted by atomic mass is 10.1. The number of rotatable bonds is 10. The Balaban J connectivity index is 1.88. The first-order valence-electron chi connectivity index (χ1n) is 8.98. The van der Waals surface area contributed by atoms with E-state index in [0.717, 1.165) is 17.7 Å². The van der Waals surface area contributed by atoms with Gasteiger partial charge in [-0.3, -0.25) is 0 Å². The summed E-state index contributed by atoms with van der Waals surface area (Å²) in [4.78, 5) is 0. The molecule has 0 amide bonds. The lowest BCUT2D eigenvalue weighted by Crippen LogP contribution is -2.08. The van der Waals surface area contributed by atoms with Crippen molar-refractivity contribution in [3.8, 4) is 11.8 Å². The Kier molecular flexibility index (Phi) is 8.24. The number of hydrogen-bond donors (Lipinski definition) is 1. The van der Waals surface area contributed by atoms with Gasteiger partial charge in [-0.25, -0.2) is 4.39 Å². The molecule has 2 aromatic carbocycles. The molecule has 0 aliphatic rings. The van der Waals surface area contributed by atoms with E-state index in [1.54, 1.807) is 6.07 Å². The third kappa shape index (κ3) is 6.24. The fraction of sp³-hybridized carbons (Fsp3) is 0.381. The molecule has 0 aliphatic heterocycles. The minimum Gasteiger partial charge on any atom is -0.494 e. The number of nitrogens with zero attached hydrogens (tertiary/aromatic N) is 1. The van der Waals surface area contributed by atoms with Crippen molar-refractivity contribution < 1.29 is 9.13 Å². The van der Waals surface area contributed by atoms with Gasteiger partial charge >= 0.3 is 0 Å². The topological polar surface area (TPSA) is 45.0 Å². The predicted molar refractivity (Wildman–Crippen MR) is 104 cm³/mol. The summed E-state index contributed by atoms with van der Waals surface area (Å²) in [5.74, 6) is 0.313. The van der Waals surface area contributed by atoms with Crippen LogP contribution in [0.3, 0.4) is 0 Å². The van der Waals surface area contributed by atoms with Crippen LogP contribution in [0, 0.1) is 17.1 Å². The summed E-state index contributed by atoms with van der Waals surface area (Å²) < 4.78 is 19.0. The molecule has 0 aliphatic carbocycles. The number of hydrogen-bond acceptors (Lipinski definition) is 3. The van der Waals surface area contributed by atoms with Crippen LogP contribution in [0.4, 0.5) is 10.1 Å². The highest BCUT2D eigenvalue weighted by molar-refractivity contribution is 6.31. The van der Waals surface area contributed by atoms with Gasteiger partial charge in [0.2, 0.25) is 0 Å². The molecule has 5 heteroatoms. The van der Waals surface area contributed by atoms with Crippen LogP contribution in [0.25, 0.3) is 0 Å². The van der Waals surface area contributed by atoms with Gasteiger partial charge in [0.25, 0.3) is 0 Å². The van der Waals surface area contributed by atoms with Crippen LogP contribution in [0.1, 0.15) is 50.6 Å². The molecule has 0 spiro atoms. The highest BCUT2D eigenvalue weighted by Gasteiger charge is 2.11. The summed E-state index contributed by atoms with van der Waals surface area (Å²) in [5.41, 5.74) is 1.40. The largest absolute Gasteiger partial charge is 0.494 e. The van der Waals surface area contributed by atoms with Crippen molar-refractivity contribution >= 4 is 17.3 Å². The van der Waals surface area contributed by atoms with Crippen molar-refractivity contribution in [2.75, 3.05) is 11.9 Å². The van der Waals surface area contributed by atoms with Crippen LogP contribution in [0.2, 0.25) is 5.02 Å². The van der Waals surface area contributed by atoms with E-state index in [0.29, 0.717) is 12.3 Å². The van der Waals surface area contributed by atoms with Crippen LogP contribution in [0.15, 0.2) is 42.5 Å². The zero-order valence-corrected chi connectivity index (χ0v) is 15.7. The van der Waals surface area contributed by atoms with Crippen molar-refractivity contribution in [2.24, 2.45) is 0 Å². The monoisotopic (exact) mass is 374 g/mol. The lowest BCUT2D eigenvalue weighted by molar-refractivity contribution is 0.304. The Bertz CT molecular complexity index is 728. The fourth-order valence-electron chi connectivity index (χ4n) is 2.59. The normalized spacial score (nSPS) is 11.6. The summed E-state index contributed by atoms with van der Waals surface area (Å²) in [7, 11) is 0. The predicted octanol–water partition coefficient (Wildman–Crippen LogP) is 6.51. The number of unbranched alkanes of at least 4 members (excludes halogenated alkanes) is 4. The van der Waals surface area contributed by atoms with Crippen molar-refractivity contribution in [1.29, 1.82) is 5.26 Å². The second kappa shape index (κ2) is 10.7. The van der Waals surface area contributed by atoms with Crippen molar-refractivity contribution in [1.82, 2.24) is 0 Å². The highest BCUT2D eigenvalue weighted by Crippen LogP contribution is 2.25. The molecule has 0 radical (unpaired) electrons. The molecular weight excluding hydrogens is 351 g/mol. The quantitative estimate of drug-likeness (QED) is 0.482. The summed E-state index contributed by atoms with van der Waals surface area (Å²) in [6, 6.07) is 13.4. The zero-order chi connectivity index (χ0) is 18.8. The average molecular weight is 375 g/mol. The summed E-state index contributed by atoms with van der Waals surface area (Å²) >= 11 is 5.78. The van der Waals surface area contributed by atoms with Gasteiger partial charge < -0.3 is 10.1 Å². The number of nitrogens with one attached hydrogen (secondary N) is 1. The first kappa shape index (κ1) is 20.1. The molecule has 26 heavy (non-hydrogen) atoms. The molecule has 2 aromatic rings. The number of anilines is 1. The molecule has 138 valence electrons. The first-order chi connectivity index (χ1) is 12.6. The van der Waals surface area contributed by atoms with Gasteiger partial charge in [-0.15, -0.1) is 0 Å². The summed E-state index contributed by atoms with van der Waals surface area (Å²) in [5, 5.41) is 12.5. The highest BCUT2D eigenvalue weighted by atomic mass is 35.5. The zero-order valence-electron chi connectivity index (χ0n) is 15.0. The third-order valence-corrected chi connectivity index (χ3v) is 4.38. The van der Waals surface area contributed by atoms with Crippen molar-refractivity contribution in [2.45, 2.75) is 45.1 Å². The smallest absolute Gasteiger partial charge is 0.141 e. The van der Waals surface area contributed by atoms with E-state index in [1.807, 2.05) is 24.3 Å². The number of benzene rings is 2. The van der Waals surface area contributed by atoms with Crippen molar-refractivity contribution in [3.63, 3.8) is 0 Å². The van der Waals surface area contributed by atoms with Gasteiger partial charge in [-0.05, 0) is 42.3 Å². The molecule has 1 N–H and O–H groups in total. The lowest BCUT2D eigenvalue weighted by Gasteiger charge is -2.14. The van der Waals surface area contributed by atoms with Gasteiger partial charge in [-0.2, -0.15) is 5.26 Å². The average Bonchev–Trinajstić information content (AvgIpc) is 2.66. The molecule has 1 atom stereocenters. The Morgan fingerprint density at radius 3 is 2.50 bits per heavy atom. The maximum Gasteiger partial charge on any atom is 0.141 e. The van der Waals surface area contributed by atoms with E-state index in [9.17, 15) is 9.65 Å². The summed E-state index contributed by atoms with van der Waals surface area (Å²) in [6.45, 7) is 2.91. The second-order valence-electron chi connectivity index (χ2n) is 6.17. The molecule has 0 saturated heterocycles. The number of ether oxygens (including phenoxy) is 1. The number of nitriles is 1. The van der Waals surface area contributed by atoms with Crippen LogP contribution in [-0.4, -0.2) is 6.61 Å². The Morgan fingerprint density at radius 2 is 1.85 bits per heavy atom. The minimum atomic E-state index is -0.556. The molecule has 1 unspecified atom stereocenters. The summed E-state index contributed by atoms with van der Waals surface area (Å²) in [6.07, 6.45) is 6.00. The van der Waals surface area contributed by atoms with E-state index in [-0.39, 0.29) is 5.02 Å². The molecule has 0 bridgehead atoms. The van der Waals surface area contributed by atoms with Gasteiger partial charge in [0.15, 0.2) is 0 Å². The van der Waals surface area contributed by atoms with E-state index >= 15 is 0 Å². The van der Waals surface area contributed by atoms with Crippen LogP contribution in [-0.2, 0) is 0 Å². The van der Waals surface area contributed by atoms with Gasteiger partial charge in [-0.1, -0.05) is 56.3 Å². The van der Waals surface area contributed by atoms with Gasteiger partial charge in [0, 0.05) is 5.69 Å². The molecule has 0 fully saturated rings. The molecule has 0 heterocycles. The molecule has 0 aromatic heterocycles. The standard InChI is InChI=1S/C21H24ClFN2O/c1-2-3-4-5-6-13-26-18-10-7-16(8-11-18)21(15-24)25-17-9-12-20(23)19(22)14-17/h7-12,14,21,25H,2-6,13H2,1H3. The fourth-order valence-corrected chi connectivity index (χ4v) is 2.78. The molecule has 2 rings (SSSR count). The second-order valence-corrected chi connectivity index (χ2v) is 6.57. The van der Waals surface area contributed by atoms with E-state index in [2.05, 4.69) is 18.3 Å². The van der Waals surface area contributed by atoms with Gasteiger partial charge in [0.1, 0.15) is 17.6 Å². The van der Waals surface area contributed by atoms with E-state index < -0.39 is 11.9 Å². The van der Waals surface area contributed by atoms with Crippen molar-refractivity contribution in [3.05, 3.63) is 58.9 Å². The number of halogens is 2. The van der Waals surface area contributed by atoms with E-state index in [1.165, 1.54) is 37.8 Å². The first-order valence-corrected chi connectivity index (χ1v) is 9.35. The molecule has 3 nitrogen and oxygen atoms in total. The van der Waals surface area contributed by atoms with Crippen LogP contribution >= 0.6 is 11.6 Å². The SMILES string of the molecule is CCCCCCCOc1ccc(C(C#N)Nc2ccc(F)c(Cl)c2)cc1. The Morgan fingerprint density at radius 1 is 1.12 bits per heavy atom. The Labute approximate surface area is 159 Å². The van der Waals surface area contributed by atoms with Crippen LogP contribution in [0.5, 0.6) is 5.75 Å². The van der Waals surface area contributed by atoms with E-state index in [4.69, 9.17) is 16.3 Å². The third-order valence-electron chi connectivity index (χ3n) is 4.09. The Hall–Kier alpha value is -2.25. The maximum atomic E-state index is 13.2. The van der Waals surface area contributed by atoms with Gasteiger partial charge in [0.05, 0.1) is 17.7 Å². The molecular formula is C21H24ClFN2O. The molecule has 0 saturated carbocycles. The minimum absolute atomic E-state index is 0.0226. The van der Waals surface area contributed by atoms with Crippen LogP contribution < -0.4 is 10.1 Å². The maximum absolute atomic E-state index is 13.2.